The van der Waals surface area contributed by atoms with Crippen molar-refractivity contribution < 1.29 is 19.5 Å². The Kier molecular flexibility index (Phi) is 3.57. The summed E-state index contributed by atoms with van der Waals surface area (Å²) in [5.74, 6) is -1.99. The van der Waals surface area contributed by atoms with E-state index in [0.29, 0.717) is 10.2 Å². The van der Waals surface area contributed by atoms with Crippen LogP contribution >= 0.6 is 15.9 Å². The van der Waals surface area contributed by atoms with Gasteiger partial charge in [-0.05, 0) is 25.1 Å². The summed E-state index contributed by atoms with van der Waals surface area (Å²) in [6.45, 7) is 1.57. The van der Waals surface area contributed by atoms with Crippen molar-refractivity contribution in [1.82, 2.24) is 5.32 Å². The van der Waals surface area contributed by atoms with E-state index < -0.39 is 23.8 Å². The average Bonchev–Trinajstić information content (AvgIpc) is 2.33. The minimum atomic E-state index is -1.10. The summed E-state index contributed by atoms with van der Waals surface area (Å²) in [6.07, 6.45) is 0. The SMILES string of the molecule is CC1C(=O)NC(=O)CN1c1cc(Br)ccc1C(=O)O. The van der Waals surface area contributed by atoms with Crippen molar-refractivity contribution >= 4 is 39.4 Å². The summed E-state index contributed by atoms with van der Waals surface area (Å²) in [7, 11) is 0. The Morgan fingerprint density at radius 1 is 1.47 bits per heavy atom. The number of nitrogens with zero attached hydrogens (tertiary/aromatic N) is 1. The Morgan fingerprint density at radius 2 is 2.16 bits per heavy atom. The molecule has 1 aromatic rings. The van der Waals surface area contributed by atoms with Crippen LogP contribution in [0.3, 0.4) is 0 Å². The molecule has 1 unspecified atom stereocenters. The first-order valence-electron chi connectivity index (χ1n) is 5.53. The van der Waals surface area contributed by atoms with Crippen molar-refractivity contribution in [2.75, 3.05) is 11.4 Å². The lowest BCUT2D eigenvalue weighted by molar-refractivity contribution is -0.132. The number of anilines is 1. The molecule has 2 rings (SSSR count). The Bertz CT molecular complexity index is 573. The Morgan fingerprint density at radius 3 is 2.79 bits per heavy atom. The molecule has 7 heteroatoms. The van der Waals surface area contributed by atoms with Gasteiger partial charge in [-0.25, -0.2) is 4.79 Å². The van der Waals surface area contributed by atoms with E-state index in [1.54, 1.807) is 19.1 Å². The molecular weight excluding hydrogens is 316 g/mol. The van der Waals surface area contributed by atoms with Crippen LogP contribution in [0.1, 0.15) is 17.3 Å². The van der Waals surface area contributed by atoms with Crippen LogP contribution in [0.2, 0.25) is 0 Å². The van der Waals surface area contributed by atoms with Crippen molar-refractivity contribution in [2.24, 2.45) is 0 Å². The highest BCUT2D eigenvalue weighted by molar-refractivity contribution is 9.10. The fourth-order valence-corrected chi connectivity index (χ4v) is 2.28. The molecule has 2 amide bonds. The second-order valence-electron chi connectivity index (χ2n) is 4.18. The van der Waals surface area contributed by atoms with E-state index in [1.165, 1.54) is 11.0 Å². The summed E-state index contributed by atoms with van der Waals surface area (Å²) < 4.78 is 0.679. The molecule has 2 N–H and O–H groups in total. The molecule has 100 valence electrons. The van der Waals surface area contributed by atoms with E-state index >= 15 is 0 Å². The molecule has 1 aromatic carbocycles. The van der Waals surface area contributed by atoms with Crippen molar-refractivity contribution in [2.45, 2.75) is 13.0 Å². The van der Waals surface area contributed by atoms with Gasteiger partial charge in [-0.2, -0.15) is 0 Å². The van der Waals surface area contributed by atoms with Gasteiger partial charge in [0.1, 0.15) is 6.04 Å². The first-order chi connectivity index (χ1) is 8.90. The normalized spacial score (nSPS) is 19.3. The number of rotatable bonds is 2. The highest BCUT2D eigenvalue weighted by atomic mass is 79.9. The van der Waals surface area contributed by atoms with E-state index in [0.717, 1.165) is 0 Å². The summed E-state index contributed by atoms with van der Waals surface area (Å²) in [5.41, 5.74) is 0.398. The third-order valence-corrected chi connectivity index (χ3v) is 3.42. The molecule has 0 aromatic heterocycles. The van der Waals surface area contributed by atoms with E-state index in [-0.39, 0.29) is 12.1 Å². The fraction of sp³-hybridized carbons (Fsp3) is 0.250. The van der Waals surface area contributed by atoms with Gasteiger partial charge in [0.15, 0.2) is 0 Å². The number of halogens is 1. The molecule has 1 aliphatic heterocycles. The Balaban J connectivity index is 2.50. The first-order valence-corrected chi connectivity index (χ1v) is 6.32. The predicted molar refractivity (Wildman–Crippen MR) is 71.1 cm³/mol. The number of carbonyl (C=O) groups excluding carboxylic acids is 2. The van der Waals surface area contributed by atoms with Crippen LogP contribution in [0.4, 0.5) is 5.69 Å². The molecule has 0 bridgehead atoms. The molecule has 0 aliphatic carbocycles. The molecule has 0 saturated carbocycles. The molecule has 1 heterocycles. The summed E-state index contributed by atoms with van der Waals surface area (Å²) >= 11 is 3.26. The van der Waals surface area contributed by atoms with E-state index in [9.17, 15) is 19.5 Å². The molecule has 6 nitrogen and oxygen atoms in total. The molecule has 19 heavy (non-hydrogen) atoms. The number of benzene rings is 1. The maximum Gasteiger partial charge on any atom is 0.337 e. The van der Waals surface area contributed by atoms with E-state index in [2.05, 4.69) is 21.2 Å². The standard InChI is InChI=1S/C12H11BrN2O4/c1-6-11(17)14-10(16)5-15(6)9-4-7(13)2-3-8(9)12(18)19/h2-4,6H,5H2,1H3,(H,18,19)(H,14,16,17). The number of nitrogens with one attached hydrogen (secondary N) is 1. The zero-order valence-corrected chi connectivity index (χ0v) is 11.6. The quantitative estimate of drug-likeness (QED) is 0.792. The summed E-state index contributed by atoms with van der Waals surface area (Å²) in [6, 6.07) is 4.02. The molecule has 0 radical (unpaired) electrons. The molecular formula is C12H11BrN2O4. The number of carboxylic acids is 1. The van der Waals surface area contributed by atoms with Gasteiger partial charge in [0.2, 0.25) is 11.8 Å². The number of aromatic carboxylic acids is 1. The lowest BCUT2D eigenvalue weighted by Crippen LogP contribution is -2.57. The lowest BCUT2D eigenvalue weighted by atomic mass is 10.1. The number of hydrogen-bond donors (Lipinski definition) is 2. The maximum absolute atomic E-state index is 11.6. The van der Waals surface area contributed by atoms with Crippen LogP contribution in [0, 0.1) is 0 Å². The van der Waals surface area contributed by atoms with Crippen LogP contribution < -0.4 is 10.2 Å². The van der Waals surface area contributed by atoms with E-state index in [1.807, 2.05) is 0 Å². The van der Waals surface area contributed by atoms with Crippen molar-refractivity contribution in [1.29, 1.82) is 0 Å². The van der Waals surface area contributed by atoms with Gasteiger partial charge in [0, 0.05) is 4.47 Å². The number of amides is 2. The van der Waals surface area contributed by atoms with Gasteiger partial charge in [-0.3, -0.25) is 14.9 Å². The number of carboxylic acid groups (broad SMARTS) is 1. The van der Waals surface area contributed by atoms with Gasteiger partial charge in [0.25, 0.3) is 0 Å². The van der Waals surface area contributed by atoms with Gasteiger partial charge >= 0.3 is 5.97 Å². The maximum atomic E-state index is 11.6. The molecule has 0 spiro atoms. The third kappa shape index (κ3) is 2.60. The first kappa shape index (κ1) is 13.5. The third-order valence-electron chi connectivity index (χ3n) is 2.92. The smallest absolute Gasteiger partial charge is 0.337 e. The number of hydrogen-bond acceptors (Lipinski definition) is 4. The molecule has 1 saturated heterocycles. The lowest BCUT2D eigenvalue weighted by Gasteiger charge is -2.34. The van der Waals surface area contributed by atoms with Crippen molar-refractivity contribution in [3.63, 3.8) is 0 Å². The highest BCUT2D eigenvalue weighted by Crippen LogP contribution is 2.27. The largest absolute Gasteiger partial charge is 0.478 e. The van der Waals surface area contributed by atoms with Gasteiger partial charge < -0.3 is 10.0 Å². The van der Waals surface area contributed by atoms with Crippen molar-refractivity contribution in [3.05, 3.63) is 28.2 Å². The van der Waals surface area contributed by atoms with Crippen LogP contribution in [0.15, 0.2) is 22.7 Å². The van der Waals surface area contributed by atoms with Crippen molar-refractivity contribution in [3.8, 4) is 0 Å². The molecule has 1 aliphatic rings. The zero-order chi connectivity index (χ0) is 14.2. The highest BCUT2D eigenvalue weighted by Gasteiger charge is 2.32. The topological polar surface area (TPSA) is 86.7 Å². The molecule has 1 atom stereocenters. The minimum Gasteiger partial charge on any atom is -0.478 e. The fourth-order valence-electron chi connectivity index (χ4n) is 1.93. The number of imide groups is 1. The van der Waals surface area contributed by atoms with Crippen LogP contribution in [0.25, 0.3) is 0 Å². The summed E-state index contributed by atoms with van der Waals surface area (Å²) in [5, 5.41) is 11.4. The van der Waals surface area contributed by atoms with Crippen LogP contribution in [-0.2, 0) is 9.59 Å². The van der Waals surface area contributed by atoms with E-state index in [4.69, 9.17) is 0 Å². The monoisotopic (exact) mass is 326 g/mol. The minimum absolute atomic E-state index is 0.0519. The summed E-state index contributed by atoms with van der Waals surface area (Å²) in [4.78, 5) is 35.8. The predicted octanol–water partition coefficient (Wildman–Crippen LogP) is 0.999. The Labute approximate surface area is 117 Å². The van der Waals surface area contributed by atoms with Gasteiger partial charge in [-0.1, -0.05) is 15.9 Å². The average molecular weight is 327 g/mol. The van der Waals surface area contributed by atoms with Gasteiger partial charge in [-0.15, -0.1) is 0 Å². The molecule has 1 fully saturated rings. The Hall–Kier alpha value is -1.89. The second kappa shape index (κ2) is 5.00. The van der Waals surface area contributed by atoms with Gasteiger partial charge in [0.05, 0.1) is 17.8 Å². The number of carbonyl (C=O) groups is 3. The number of piperazine rings is 1. The van der Waals surface area contributed by atoms with Crippen LogP contribution in [-0.4, -0.2) is 35.5 Å². The van der Waals surface area contributed by atoms with Crippen LogP contribution in [0.5, 0.6) is 0 Å². The zero-order valence-electron chi connectivity index (χ0n) is 10.0. The second-order valence-corrected chi connectivity index (χ2v) is 5.10.